The maximum absolute atomic E-state index is 11.8. The molecule has 0 unspecified atom stereocenters. The largest absolute Gasteiger partial charge is 0.475 e. The third-order valence-corrected chi connectivity index (χ3v) is 2.46. The number of nitrogens with one attached hydrogen (secondary N) is 1. The number of carboxylic acid groups (broad SMARTS) is 1. The minimum atomic E-state index is -1.27. The molecule has 1 fully saturated rings. The molecule has 6 nitrogen and oxygen atoms in total. The van der Waals surface area contributed by atoms with Crippen molar-refractivity contribution in [1.29, 1.82) is 0 Å². The molecule has 92 valence electrons. The average molecular weight is 238 g/mol. The van der Waals surface area contributed by atoms with Gasteiger partial charge in [0.2, 0.25) is 5.76 Å². The van der Waals surface area contributed by atoms with Crippen LogP contribution in [0.4, 0.5) is 0 Å². The van der Waals surface area contributed by atoms with Crippen molar-refractivity contribution in [2.24, 2.45) is 0 Å². The van der Waals surface area contributed by atoms with Crippen molar-refractivity contribution in [3.63, 3.8) is 0 Å². The summed E-state index contributed by atoms with van der Waals surface area (Å²) in [5.41, 5.74) is -0.131. The van der Waals surface area contributed by atoms with Crippen LogP contribution in [0.25, 0.3) is 0 Å². The molecular weight excluding hydrogens is 224 g/mol. The summed E-state index contributed by atoms with van der Waals surface area (Å²) >= 11 is 0. The number of nitrogens with zero attached hydrogens (tertiary/aromatic N) is 1. The van der Waals surface area contributed by atoms with Crippen molar-refractivity contribution in [3.8, 4) is 0 Å². The molecule has 1 heterocycles. The zero-order valence-electron chi connectivity index (χ0n) is 9.69. The van der Waals surface area contributed by atoms with Crippen LogP contribution >= 0.6 is 0 Å². The van der Waals surface area contributed by atoms with E-state index in [4.69, 9.17) is 9.52 Å². The zero-order chi connectivity index (χ0) is 12.6. The second kappa shape index (κ2) is 4.20. The lowest BCUT2D eigenvalue weighted by Gasteiger charge is -1.99. The van der Waals surface area contributed by atoms with Gasteiger partial charge in [-0.3, -0.25) is 4.79 Å². The van der Waals surface area contributed by atoms with E-state index in [1.807, 2.05) is 13.8 Å². The van der Waals surface area contributed by atoms with Crippen LogP contribution in [-0.2, 0) is 0 Å². The first kappa shape index (κ1) is 11.6. The monoisotopic (exact) mass is 238 g/mol. The third kappa shape index (κ3) is 2.46. The first-order valence-corrected chi connectivity index (χ1v) is 5.54. The van der Waals surface area contributed by atoms with Crippen LogP contribution in [-0.4, -0.2) is 28.0 Å². The molecule has 1 aromatic rings. The summed E-state index contributed by atoms with van der Waals surface area (Å²) in [5, 5.41) is 11.6. The second-order valence-corrected chi connectivity index (χ2v) is 4.44. The summed E-state index contributed by atoms with van der Waals surface area (Å²) in [6.07, 6.45) is 1.87. The van der Waals surface area contributed by atoms with E-state index in [1.165, 1.54) is 0 Å². The van der Waals surface area contributed by atoms with Gasteiger partial charge in [0, 0.05) is 12.0 Å². The summed E-state index contributed by atoms with van der Waals surface area (Å²) in [6.45, 7) is 3.64. The van der Waals surface area contributed by atoms with Gasteiger partial charge in [-0.1, -0.05) is 13.8 Å². The smallest absolute Gasteiger partial charge is 0.374 e. The van der Waals surface area contributed by atoms with Crippen LogP contribution in [0.1, 0.15) is 59.5 Å². The molecule has 0 saturated heterocycles. The van der Waals surface area contributed by atoms with Crippen LogP contribution < -0.4 is 5.32 Å². The lowest BCUT2D eigenvalue weighted by molar-refractivity contribution is 0.0653. The van der Waals surface area contributed by atoms with Crippen molar-refractivity contribution in [3.05, 3.63) is 17.3 Å². The topological polar surface area (TPSA) is 92.4 Å². The van der Waals surface area contributed by atoms with Crippen LogP contribution in [0, 0.1) is 0 Å². The van der Waals surface area contributed by atoms with E-state index in [9.17, 15) is 9.59 Å². The minimum absolute atomic E-state index is 0.0597. The van der Waals surface area contributed by atoms with Crippen LogP contribution in [0.3, 0.4) is 0 Å². The fourth-order valence-electron chi connectivity index (χ4n) is 1.36. The molecule has 0 aromatic carbocycles. The summed E-state index contributed by atoms with van der Waals surface area (Å²) in [6, 6.07) is 0.156. The van der Waals surface area contributed by atoms with Crippen LogP contribution in [0.2, 0.25) is 0 Å². The van der Waals surface area contributed by atoms with Gasteiger partial charge in [-0.25, -0.2) is 9.78 Å². The number of amides is 1. The quantitative estimate of drug-likeness (QED) is 0.826. The summed E-state index contributed by atoms with van der Waals surface area (Å²) in [7, 11) is 0. The molecule has 2 rings (SSSR count). The van der Waals surface area contributed by atoms with E-state index >= 15 is 0 Å². The van der Waals surface area contributed by atoms with E-state index in [0.29, 0.717) is 0 Å². The molecular formula is C11H14N2O4. The molecule has 0 aliphatic heterocycles. The Bertz CT molecular complexity index is 460. The highest BCUT2D eigenvalue weighted by atomic mass is 16.4. The molecule has 17 heavy (non-hydrogen) atoms. The van der Waals surface area contributed by atoms with Crippen molar-refractivity contribution in [2.45, 2.75) is 38.6 Å². The number of hydrogen-bond donors (Lipinski definition) is 2. The number of rotatable bonds is 4. The van der Waals surface area contributed by atoms with Gasteiger partial charge >= 0.3 is 5.97 Å². The Morgan fingerprint density at radius 2 is 2.12 bits per heavy atom. The maximum atomic E-state index is 11.8. The first-order chi connectivity index (χ1) is 7.99. The first-order valence-electron chi connectivity index (χ1n) is 5.54. The fourth-order valence-corrected chi connectivity index (χ4v) is 1.36. The molecule has 2 N–H and O–H groups in total. The Balaban J connectivity index is 2.29. The van der Waals surface area contributed by atoms with E-state index in [-0.39, 0.29) is 29.3 Å². The molecule has 1 aliphatic carbocycles. The van der Waals surface area contributed by atoms with Gasteiger partial charge in [-0.15, -0.1) is 0 Å². The molecule has 1 aromatic heterocycles. The van der Waals surface area contributed by atoms with Gasteiger partial charge in [0.05, 0.1) is 0 Å². The number of hydrogen-bond acceptors (Lipinski definition) is 4. The summed E-state index contributed by atoms with van der Waals surface area (Å²) in [4.78, 5) is 26.7. The molecule has 6 heteroatoms. The lowest BCUT2D eigenvalue weighted by atomic mass is 10.2. The number of aromatic nitrogens is 1. The van der Waals surface area contributed by atoms with E-state index < -0.39 is 11.9 Å². The number of carboxylic acids is 1. The van der Waals surface area contributed by atoms with Crippen LogP contribution in [0.5, 0.6) is 0 Å². The Morgan fingerprint density at radius 1 is 1.47 bits per heavy atom. The molecule has 0 bridgehead atoms. The number of carbonyl (C=O) groups is 2. The number of oxazole rings is 1. The lowest BCUT2D eigenvalue weighted by Crippen LogP contribution is -2.27. The molecule has 0 atom stereocenters. The summed E-state index contributed by atoms with van der Waals surface area (Å²) in [5.74, 6) is -1.92. The van der Waals surface area contributed by atoms with E-state index in [0.717, 1.165) is 12.8 Å². The van der Waals surface area contributed by atoms with Crippen molar-refractivity contribution in [1.82, 2.24) is 10.3 Å². The molecule has 0 radical (unpaired) electrons. The van der Waals surface area contributed by atoms with E-state index in [1.54, 1.807) is 0 Å². The number of aromatic carboxylic acids is 1. The van der Waals surface area contributed by atoms with Crippen molar-refractivity contribution >= 4 is 11.9 Å². The minimum Gasteiger partial charge on any atom is -0.475 e. The number of carbonyl (C=O) groups excluding carboxylic acids is 1. The molecule has 0 spiro atoms. The molecule has 1 saturated carbocycles. The maximum Gasteiger partial charge on any atom is 0.374 e. The van der Waals surface area contributed by atoms with Gasteiger partial charge in [-0.05, 0) is 12.8 Å². The highest BCUT2D eigenvalue weighted by molar-refractivity contribution is 6.01. The van der Waals surface area contributed by atoms with Crippen LogP contribution in [0.15, 0.2) is 4.42 Å². The normalized spacial score (nSPS) is 15.0. The second-order valence-electron chi connectivity index (χ2n) is 4.44. The van der Waals surface area contributed by atoms with Crippen molar-refractivity contribution < 1.29 is 19.1 Å². The highest BCUT2D eigenvalue weighted by Crippen LogP contribution is 2.22. The Morgan fingerprint density at radius 3 is 2.59 bits per heavy atom. The Hall–Kier alpha value is -1.85. The fraction of sp³-hybridized carbons (Fsp3) is 0.545. The van der Waals surface area contributed by atoms with Gasteiger partial charge in [-0.2, -0.15) is 0 Å². The van der Waals surface area contributed by atoms with Gasteiger partial charge in [0.1, 0.15) is 0 Å². The zero-order valence-corrected chi connectivity index (χ0v) is 9.69. The third-order valence-electron chi connectivity index (χ3n) is 2.46. The average Bonchev–Trinajstić information content (AvgIpc) is 2.93. The molecule has 1 amide bonds. The standard InChI is InChI=1S/C11H14N2O4/c1-5(2)10-13-7(8(17-10)11(15)16)9(14)12-6-3-4-6/h5-6H,3-4H2,1-2H3,(H,12,14)(H,15,16). The van der Waals surface area contributed by atoms with Crippen molar-refractivity contribution in [2.75, 3.05) is 0 Å². The van der Waals surface area contributed by atoms with E-state index in [2.05, 4.69) is 10.3 Å². The Kier molecular flexibility index (Phi) is 2.87. The highest BCUT2D eigenvalue weighted by Gasteiger charge is 2.30. The van der Waals surface area contributed by atoms with Gasteiger partial charge in [0.25, 0.3) is 5.91 Å². The molecule has 1 aliphatic rings. The SMILES string of the molecule is CC(C)c1nc(C(=O)NC2CC2)c(C(=O)O)o1. The van der Waals surface area contributed by atoms with Gasteiger partial charge in [0.15, 0.2) is 11.6 Å². The summed E-state index contributed by atoms with van der Waals surface area (Å²) < 4.78 is 5.09. The Labute approximate surface area is 98.0 Å². The predicted octanol–water partition coefficient (Wildman–Crippen LogP) is 1.39. The van der Waals surface area contributed by atoms with Gasteiger partial charge < -0.3 is 14.8 Å². The predicted molar refractivity (Wildman–Crippen MR) is 58.0 cm³/mol.